The van der Waals surface area contributed by atoms with Crippen LogP contribution in [-0.4, -0.2) is 6.61 Å². The van der Waals surface area contributed by atoms with Crippen LogP contribution in [0.15, 0.2) is 18.2 Å². The van der Waals surface area contributed by atoms with Crippen LogP contribution in [0, 0.1) is 18.8 Å². The number of anilines is 1. The third-order valence-corrected chi connectivity index (χ3v) is 1.95. The molecule has 0 aliphatic carbocycles. The summed E-state index contributed by atoms with van der Waals surface area (Å²) in [4.78, 5) is 0. The third-order valence-electron chi connectivity index (χ3n) is 1.95. The summed E-state index contributed by atoms with van der Waals surface area (Å²) in [6.45, 7) is 4.38. The second-order valence-corrected chi connectivity index (χ2v) is 3.01. The average Bonchev–Trinajstić information content (AvgIpc) is 2.19. The van der Waals surface area contributed by atoms with Gasteiger partial charge in [0.1, 0.15) is 5.75 Å². The lowest BCUT2D eigenvalue weighted by Crippen LogP contribution is -2.00. The van der Waals surface area contributed by atoms with Gasteiger partial charge in [-0.05, 0) is 25.5 Å². The van der Waals surface area contributed by atoms with E-state index in [-0.39, 0.29) is 0 Å². The maximum Gasteiger partial charge on any atom is 0.142 e. The first-order valence-electron chi connectivity index (χ1n) is 4.63. The van der Waals surface area contributed by atoms with E-state index in [0.717, 1.165) is 23.4 Å². The second-order valence-electron chi connectivity index (χ2n) is 3.01. The van der Waals surface area contributed by atoms with Crippen LogP contribution in [0.4, 0.5) is 5.69 Å². The zero-order valence-electron chi connectivity index (χ0n) is 8.63. The molecule has 0 heterocycles. The highest BCUT2D eigenvalue weighted by atomic mass is 16.5. The van der Waals surface area contributed by atoms with Gasteiger partial charge in [-0.15, -0.1) is 11.8 Å². The number of benzene rings is 1. The number of nitrogen functional groups attached to an aromatic ring is 1. The number of nitrogens with two attached hydrogens (primary N) is 1. The van der Waals surface area contributed by atoms with Crippen molar-refractivity contribution in [2.24, 2.45) is 0 Å². The molecule has 0 bridgehead atoms. The number of aryl methyl sites for hydroxylation is 1. The van der Waals surface area contributed by atoms with Crippen molar-refractivity contribution in [3.8, 4) is 17.6 Å². The van der Waals surface area contributed by atoms with Gasteiger partial charge in [-0.2, -0.15) is 0 Å². The standard InChI is InChI=1S/C12H15NO/c1-3-4-5-9-14-11-8-6-7-10(2)12(11)13/h6-8H,5,9,13H2,1-2H3. The summed E-state index contributed by atoms with van der Waals surface area (Å²) in [5.41, 5.74) is 7.60. The lowest BCUT2D eigenvalue weighted by Gasteiger charge is -2.08. The zero-order valence-corrected chi connectivity index (χ0v) is 8.63. The molecule has 2 nitrogen and oxygen atoms in total. The van der Waals surface area contributed by atoms with Crippen molar-refractivity contribution in [2.45, 2.75) is 20.3 Å². The van der Waals surface area contributed by atoms with Crippen LogP contribution in [0.1, 0.15) is 18.9 Å². The normalized spacial score (nSPS) is 9.00. The number of ether oxygens (including phenoxy) is 1. The molecule has 1 aromatic carbocycles. The number of para-hydroxylation sites is 1. The van der Waals surface area contributed by atoms with E-state index in [9.17, 15) is 0 Å². The smallest absolute Gasteiger partial charge is 0.142 e. The monoisotopic (exact) mass is 189 g/mol. The Bertz CT molecular complexity index is 360. The predicted molar refractivity (Wildman–Crippen MR) is 59.2 cm³/mol. The molecule has 2 N–H and O–H groups in total. The van der Waals surface area contributed by atoms with E-state index in [1.54, 1.807) is 0 Å². The molecule has 0 amide bonds. The molecule has 0 fully saturated rings. The molecular weight excluding hydrogens is 174 g/mol. The van der Waals surface area contributed by atoms with Crippen molar-refractivity contribution in [1.82, 2.24) is 0 Å². The Balaban J connectivity index is 2.57. The molecule has 0 aliphatic heterocycles. The van der Waals surface area contributed by atoms with Gasteiger partial charge in [0.05, 0.1) is 12.3 Å². The van der Waals surface area contributed by atoms with Gasteiger partial charge in [0.25, 0.3) is 0 Å². The van der Waals surface area contributed by atoms with Gasteiger partial charge in [-0.1, -0.05) is 12.1 Å². The van der Waals surface area contributed by atoms with Crippen molar-refractivity contribution in [2.75, 3.05) is 12.3 Å². The topological polar surface area (TPSA) is 35.2 Å². The highest BCUT2D eigenvalue weighted by Crippen LogP contribution is 2.24. The molecule has 74 valence electrons. The fourth-order valence-corrected chi connectivity index (χ4v) is 1.12. The van der Waals surface area contributed by atoms with Crippen molar-refractivity contribution in [3.63, 3.8) is 0 Å². The Morgan fingerprint density at radius 2 is 2.21 bits per heavy atom. The summed E-state index contributed by atoms with van der Waals surface area (Å²) in [6.07, 6.45) is 0.740. The molecule has 0 atom stereocenters. The van der Waals surface area contributed by atoms with E-state index < -0.39 is 0 Å². The van der Waals surface area contributed by atoms with E-state index in [0.29, 0.717) is 6.61 Å². The molecule has 0 saturated carbocycles. The lowest BCUT2D eigenvalue weighted by atomic mass is 10.2. The van der Waals surface area contributed by atoms with E-state index in [2.05, 4.69) is 11.8 Å². The van der Waals surface area contributed by atoms with Crippen LogP contribution in [0.2, 0.25) is 0 Å². The van der Waals surface area contributed by atoms with Crippen molar-refractivity contribution in [3.05, 3.63) is 23.8 Å². The fourth-order valence-electron chi connectivity index (χ4n) is 1.12. The van der Waals surface area contributed by atoms with Gasteiger partial charge in [0.15, 0.2) is 0 Å². The maximum atomic E-state index is 5.84. The summed E-state index contributed by atoms with van der Waals surface area (Å²) in [6, 6.07) is 5.78. The third kappa shape index (κ3) is 2.70. The molecule has 0 aromatic heterocycles. The molecule has 0 radical (unpaired) electrons. The summed E-state index contributed by atoms with van der Waals surface area (Å²) in [5.74, 6) is 6.51. The van der Waals surface area contributed by atoms with Gasteiger partial charge in [0.2, 0.25) is 0 Å². The first-order valence-corrected chi connectivity index (χ1v) is 4.63. The molecule has 1 rings (SSSR count). The average molecular weight is 189 g/mol. The first kappa shape index (κ1) is 10.5. The van der Waals surface area contributed by atoms with Crippen LogP contribution in [0.25, 0.3) is 0 Å². The summed E-state index contributed by atoms with van der Waals surface area (Å²) < 4.78 is 5.49. The van der Waals surface area contributed by atoms with Crippen LogP contribution in [-0.2, 0) is 0 Å². The van der Waals surface area contributed by atoms with Gasteiger partial charge < -0.3 is 10.5 Å². The summed E-state index contributed by atoms with van der Waals surface area (Å²) in [7, 11) is 0. The van der Waals surface area contributed by atoms with E-state index in [1.807, 2.05) is 32.0 Å². The summed E-state index contributed by atoms with van der Waals surface area (Å²) in [5, 5.41) is 0. The number of hydrogen-bond acceptors (Lipinski definition) is 2. The fraction of sp³-hybridized carbons (Fsp3) is 0.333. The molecule has 0 saturated heterocycles. The van der Waals surface area contributed by atoms with Gasteiger partial charge in [-0.25, -0.2) is 0 Å². The zero-order chi connectivity index (χ0) is 10.4. The minimum Gasteiger partial charge on any atom is -0.490 e. The predicted octanol–water partition coefficient (Wildman–Crippen LogP) is 2.37. The van der Waals surface area contributed by atoms with E-state index >= 15 is 0 Å². The van der Waals surface area contributed by atoms with Gasteiger partial charge in [-0.3, -0.25) is 0 Å². The molecular formula is C12H15NO. The largest absolute Gasteiger partial charge is 0.490 e. The number of rotatable bonds is 3. The van der Waals surface area contributed by atoms with Crippen molar-refractivity contribution in [1.29, 1.82) is 0 Å². The highest BCUT2D eigenvalue weighted by Gasteiger charge is 2.00. The van der Waals surface area contributed by atoms with Gasteiger partial charge >= 0.3 is 0 Å². The Hall–Kier alpha value is -1.62. The van der Waals surface area contributed by atoms with Gasteiger partial charge in [0, 0.05) is 6.42 Å². The van der Waals surface area contributed by atoms with Crippen molar-refractivity contribution < 1.29 is 4.74 Å². The molecule has 1 aromatic rings. The number of hydrogen-bond donors (Lipinski definition) is 1. The van der Waals surface area contributed by atoms with Crippen LogP contribution >= 0.6 is 0 Å². The molecule has 0 spiro atoms. The Morgan fingerprint density at radius 1 is 1.43 bits per heavy atom. The first-order chi connectivity index (χ1) is 6.75. The Labute approximate surface area is 85.1 Å². The molecule has 0 aliphatic rings. The second kappa shape index (κ2) is 5.18. The minimum absolute atomic E-state index is 0.592. The molecule has 0 unspecified atom stereocenters. The highest BCUT2D eigenvalue weighted by molar-refractivity contribution is 5.57. The van der Waals surface area contributed by atoms with E-state index in [1.165, 1.54) is 0 Å². The Morgan fingerprint density at radius 3 is 2.93 bits per heavy atom. The van der Waals surface area contributed by atoms with Crippen LogP contribution in [0.5, 0.6) is 5.75 Å². The maximum absolute atomic E-state index is 5.84. The SMILES string of the molecule is CC#CCCOc1cccc(C)c1N. The van der Waals surface area contributed by atoms with Crippen molar-refractivity contribution >= 4 is 5.69 Å². The lowest BCUT2D eigenvalue weighted by molar-refractivity contribution is 0.329. The van der Waals surface area contributed by atoms with Crippen LogP contribution in [0.3, 0.4) is 0 Å². The quantitative estimate of drug-likeness (QED) is 0.450. The Kier molecular flexibility index (Phi) is 3.87. The minimum atomic E-state index is 0.592. The molecule has 2 heteroatoms. The molecule has 14 heavy (non-hydrogen) atoms. The summed E-state index contributed by atoms with van der Waals surface area (Å²) >= 11 is 0. The van der Waals surface area contributed by atoms with Crippen LogP contribution < -0.4 is 10.5 Å². The van der Waals surface area contributed by atoms with E-state index in [4.69, 9.17) is 10.5 Å².